The van der Waals surface area contributed by atoms with Crippen LogP contribution < -0.4 is 29.5 Å². The standard InChI is InChI=1S/C37H35F4N8O5P/c1-52-31-17-27(38)26(16-28(31)39)29-15-23(30(18-43-29)48-14-8-13-37(42,20-48)33(50)34(40)41)19-49-22-46-32-35(44-21-45-36(32)49)47-55(51,53-24-9-4-2-5-10-24)54-25-11-6-3-7-12-25/h2-7,9-12,15-18,21-22,33-34,50H,8,13-14,19-20,42H2,1H3,(H,44,45,47,51)/t33-,37-/m1/s1. The molecule has 6 aromatic rings. The molecule has 3 aromatic heterocycles. The first-order chi connectivity index (χ1) is 26.4. The molecule has 55 heavy (non-hydrogen) atoms. The Hall–Kier alpha value is -5.77. The van der Waals surface area contributed by atoms with Crippen LogP contribution in [0.1, 0.15) is 18.4 Å². The summed E-state index contributed by atoms with van der Waals surface area (Å²) in [5.74, 6) is -1.34. The van der Waals surface area contributed by atoms with Crippen molar-refractivity contribution < 1.29 is 41.0 Å². The van der Waals surface area contributed by atoms with Crippen LogP contribution in [-0.4, -0.2) is 67.9 Å². The highest BCUT2D eigenvalue weighted by atomic mass is 31.2. The second kappa shape index (κ2) is 15.5. The number of nitrogens with zero attached hydrogens (tertiary/aromatic N) is 6. The second-order valence-corrected chi connectivity index (χ2v) is 14.5. The predicted molar refractivity (Wildman–Crippen MR) is 196 cm³/mol. The normalized spacial score (nSPS) is 16.6. The van der Waals surface area contributed by atoms with E-state index in [0.717, 1.165) is 12.1 Å². The van der Waals surface area contributed by atoms with Crippen LogP contribution in [0.2, 0.25) is 0 Å². The first-order valence-corrected chi connectivity index (χ1v) is 18.6. The summed E-state index contributed by atoms with van der Waals surface area (Å²) in [4.78, 5) is 19.4. The van der Waals surface area contributed by atoms with Crippen LogP contribution in [0.5, 0.6) is 17.2 Å². The maximum Gasteiger partial charge on any atom is 0.542 e. The number of piperidine rings is 1. The number of nitrogens with two attached hydrogens (primary N) is 1. The summed E-state index contributed by atoms with van der Waals surface area (Å²) >= 11 is 0. The van der Waals surface area contributed by atoms with Gasteiger partial charge in [0.15, 0.2) is 28.5 Å². The van der Waals surface area contributed by atoms with E-state index >= 15 is 4.39 Å². The second-order valence-electron chi connectivity index (χ2n) is 12.9. The van der Waals surface area contributed by atoms with Gasteiger partial charge in [0.2, 0.25) is 0 Å². The molecule has 0 spiro atoms. The third-order valence-electron chi connectivity index (χ3n) is 9.13. The smallest absolute Gasteiger partial charge is 0.494 e. The number of nitrogens with one attached hydrogen (secondary N) is 1. The lowest BCUT2D eigenvalue weighted by Crippen LogP contribution is -2.63. The highest BCUT2D eigenvalue weighted by molar-refractivity contribution is 7.56. The zero-order chi connectivity index (χ0) is 38.7. The van der Waals surface area contributed by atoms with Gasteiger partial charge in [-0.3, -0.25) is 10.1 Å². The summed E-state index contributed by atoms with van der Waals surface area (Å²) in [5, 5.41) is 13.2. The van der Waals surface area contributed by atoms with E-state index in [9.17, 15) is 22.8 Å². The van der Waals surface area contributed by atoms with Gasteiger partial charge in [-0.05, 0) is 54.8 Å². The molecule has 0 radical (unpaired) electrons. The Morgan fingerprint density at radius 1 is 0.964 bits per heavy atom. The van der Waals surface area contributed by atoms with Gasteiger partial charge in [-0.2, -0.15) is 0 Å². The molecule has 286 valence electrons. The van der Waals surface area contributed by atoms with E-state index in [1.165, 1.54) is 32.0 Å². The van der Waals surface area contributed by atoms with Gasteiger partial charge in [0.05, 0.1) is 43.1 Å². The van der Waals surface area contributed by atoms with Crippen molar-refractivity contribution in [1.29, 1.82) is 0 Å². The van der Waals surface area contributed by atoms with E-state index in [-0.39, 0.29) is 65.0 Å². The fourth-order valence-electron chi connectivity index (χ4n) is 6.44. The molecule has 0 aliphatic carbocycles. The van der Waals surface area contributed by atoms with Gasteiger partial charge in [0, 0.05) is 24.7 Å². The number of hydrogen-bond acceptors (Lipinski definition) is 11. The fourth-order valence-corrected chi connectivity index (χ4v) is 7.79. The van der Waals surface area contributed by atoms with Crippen LogP contribution >= 0.6 is 7.75 Å². The average Bonchev–Trinajstić information content (AvgIpc) is 3.59. The van der Waals surface area contributed by atoms with Crippen molar-refractivity contribution in [3.05, 3.63) is 115 Å². The lowest BCUT2D eigenvalue weighted by atomic mass is 9.84. The summed E-state index contributed by atoms with van der Waals surface area (Å²) in [6.07, 6.45) is -0.521. The largest absolute Gasteiger partial charge is 0.542 e. The maximum absolute atomic E-state index is 15.3. The van der Waals surface area contributed by atoms with Crippen molar-refractivity contribution in [2.24, 2.45) is 5.73 Å². The van der Waals surface area contributed by atoms with Crippen LogP contribution in [0.15, 0.2) is 97.7 Å². The summed E-state index contributed by atoms with van der Waals surface area (Å²) in [6, 6.07) is 20.3. The molecule has 1 fully saturated rings. The molecule has 0 amide bonds. The third-order valence-corrected chi connectivity index (χ3v) is 10.5. The molecule has 0 saturated carbocycles. The number of imidazole rings is 1. The predicted octanol–water partition coefficient (Wildman–Crippen LogP) is 6.83. The van der Waals surface area contributed by atoms with Gasteiger partial charge >= 0.3 is 7.75 Å². The van der Waals surface area contributed by atoms with Gasteiger partial charge in [0.25, 0.3) is 6.43 Å². The van der Waals surface area contributed by atoms with E-state index in [1.807, 2.05) is 0 Å². The maximum atomic E-state index is 15.3. The zero-order valence-corrected chi connectivity index (χ0v) is 30.1. The van der Waals surface area contributed by atoms with E-state index in [4.69, 9.17) is 19.5 Å². The summed E-state index contributed by atoms with van der Waals surface area (Å²) in [7, 11) is -3.00. The molecular formula is C37H35F4N8O5P. The molecule has 1 saturated heterocycles. The number of halogens is 4. The number of methoxy groups -OCH3 is 1. The number of ether oxygens (including phenoxy) is 1. The van der Waals surface area contributed by atoms with Crippen molar-refractivity contribution in [2.45, 2.75) is 37.5 Å². The lowest BCUT2D eigenvalue weighted by molar-refractivity contribution is -0.0529. The molecule has 7 rings (SSSR count). The third kappa shape index (κ3) is 8.04. The van der Waals surface area contributed by atoms with E-state index < -0.39 is 37.4 Å². The Kier molecular flexibility index (Phi) is 10.6. The SMILES string of the molecule is COc1cc(F)c(-c2cc(Cn3cnc4c(NP(=O)(Oc5ccccc5)Oc5ccccc5)ncnc43)c(N3CCC[C@](N)([C@H](O)C(F)F)C3)cn2)cc1F. The minimum atomic E-state index is -4.22. The van der Waals surface area contributed by atoms with E-state index in [2.05, 4.69) is 25.0 Å². The van der Waals surface area contributed by atoms with E-state index in [1.54, 1.807) is 70.1 Å². The molecule has 13 nitrogen and oxygen atoms in total. The molecule has 4 heterocycles. The molecule has 1 aliphatic rings. The summed E-state index contributed by atoms with van der Waals surface area (Å²) in [6.45, 7) is 0.243. The first kappa shape index (κ1) is 37.5. The van der Waals surface area contributed by atoms with Gasteiger partial charge in [0.1, 0.15) is 29.7 Å². The van der Waals surface area contributed by atoms with Crippen LogP contribution in [0, 0.1) is 11.6 Å². The quantitative estimate of drug-likeness (QED) is 0.0830. The molecule has 1 aliphatic heterocycles. The number of aliphatic hydroxyl groups is 1. The Morgan fingerprint density at radius 2 is 1.65 bits per heavy atom. The number of fused-ring (bicyclic) bond motifs is 1. The minimum absolute atomic E-state index is 0.00221. The average molecular weight is 779 g/mol. The van der Waals surface area contributed by atoms with Crippen molar-refractivity contribution >= 4 is 30.4 Å². The van der Waals surface area contributed by atoms with Gasteiger partial charge < -0.3 is 34.1 Å². The van der Waals surface area contributed by atoms with Crippen LogP contribution in [-0.2, 0) is 11.1 Å². The number of rotatable bonds is 13. The fraction of sp³-hybridized carbons (Fsp3) is 0.243. The molecule has 18 heteroatoms. The minimum Gasteiger partial charge on any atom is -0.494 e. The lowest BCUT2D eigenvalue weighted by Gasteiger charge is -2.44. The monoisotopic (exact) mass is 778 g/mol. The Balaban J connectivity index is 1.27. The van der Waals surface area contributed by atoms with Crippen molar-refractivity contribution in [3.63, 3.8) is 0 Å². The number of aliphatic hydroxyl groups excluding tert-OH is 1. The Morgan fingerprint density at radius 3 is 2.31 bits per heavy atom. The number of pyridine rings is 1. The molecule has 4 N–H and O–H groups in total. The summed E-state index contributed by atoms with van der Waals surface area (Å²) < 4.78 is 90.0. The topological polar surface area (TPSA) is 163 Å². The molecule has 0 bridgehead atoms. The van der Waals surface area contributed by atoms with Crippen LogP contribution in [0.4, 0.5) is 29.1 Å². The molecule has 2 atom stereocenters. The number of para-hydroxylation sites is 2. The molecular weight excluding hydrogens is 743 g/mol. The van der Waals surface area contributed by atoms with Gasteiger partial charge in [-0.1, -0.05) is 36.4 Å². The zero-order valence-electron chi connectivity index (χ0n) is 29.2. The highest BCUT2D eigenvalue weighted by Crippen LogP contribution is 2.48. The Bertz CT molecular complexity index is 2300. The summed E-state index contributed by atoms with van der Waals surface area (Å²) in [5.41, 5.74) is 6.03. The van der Waals surface area contributed by atoms with Crippen molar-refractivity contribution in [1.82, 2.24) is 24.5 Å². The number of hydrogen-bond donors (Lipinski definition) is 3. The Labute approximate surface area is 312 Å². The molecule has 3 aromatic carbocycles. The number of aromatic nitrogens is 5. The first-order valence-electron chi connectivity index (χ1n) is 17.0. The highest BCUT2D eigenvalue weighted by Gasteiger charge is 2.43. The van der Waals surface area contributed by atoms with Gasteiger partial charge in [-0.15, -0.1) is 0 Å². The number of alkyl halides is 2. The van der Waals surface area contributed by atoms with Crippen LogP contribution in [0.3, 0.4) is 0 Å². The number of benzene rings is 3. The van der Waals surface area contributed by atoms with Crippen molar-refractivity contribution in [2.75, 3.05) is 30.2 Å². The number of anilines is 2. The molecule has 0 unspecified atom stereocenters. The van der Waals surface area contributed by atoms with Gasteiger partial charge in [-0.25, -0.2) is 37.1 Å². The van der Waals surface area contributed by atoms with Crippen molar-refractivity contribution in [3.8, 4) is 28.5 Å². The van der Waals surface area contributed by atoms with Crippen LogP contribution in [0.25, 0.3) is 22.4 Å². The van der Waals surface area contributed by atoms with E-state index in [0.29, 0.717) is 24.2 Å².